The second-order valence-electron chi connectivity index (χ2n) is 7.48. The number of amides is 2. The van der Waals surface area contributed by atoms with E-state index in [1.165, 1.54) is 0 Å². The number of hydrogen-bond acceptors (Lipinski definition) is 4. The maximum Gasteiger partial charge on any atom is 0.317 e. The molecule has 6 nitrogen and oxygen atoms in total. The number of ketones is 1. The van der Waals surface area contributed by atoms with Gasteiger partial charge in [0.05, 0.1) is 6.54 Å². The minimum absolute atomic E-state index is 0.0550. The standard InChI is InChI=1S/C23H29N3O3/c1-17-14-18(2)16-22(15-17)29-13-8-24-23(28)26-11-9-25(10-12-26)21-6-4-20(5-7-21)19(3)27/h4-7,14-16H,8-13H2,1-3H3,(H,24,28). The number of aryl methyl sites for hydroxylation is 2. The van der Waals surface area contributed by atoms with Crippen molar-refractivity contribution in [2.75, 3.05) is 44.2 Å². The molecule has 2 aromatic carbocycles. The summed E-state index contributed by atoms with van der Waals surface area (Å²) >= 11 is 0. The van der Waals surface area contributed by atoms with Crippen LogP contribution in [0.15, 0.2) is 42.5 Å². The first-order valence-corrected chi connectivity index (χ1v) is 10.0. The number of Topliss-reactive ketones (excluding diaryl/α,β-unsaturated/α-hetero) is 1. The van der Waals surface area contributed by atoms with Crippen LogP contribution >= 0.6 is 0 Å². The second-order valence-corrected chi connectivity index (χ2v) is 7.48. The van der Waals surface area contributed by atoms with Crippen molar-refractivity contribution >= 4 is 17.5 Å². The lowest BCUT2D eigenvalue weighted by Gasteiger charge is -2.36. The Morgan fingerprint density at radius 2 is 1.59 bits per heavy atom. The third-order valence-electron chi connectivity index (χ3n) is 5.05. The molecule has 1 aliphatic heterocycles. The summed E-state index contributed by atoms with van der Waals surface area (Å²) in [5.41, 5.74) is 4.13. The molecular formula is C23H29N3O3. The van der Waals surface area contributed by atoms with E-state index in [0.717, 1.165) is 41.2 Å². The maximum atomic E-state index is 12.4. The zero-order chi connectivity index (χ0) is 20.8. The highest BCUT2D eigenvalue weighted by Crippen LogP contribution is 2.18. The lowest BCUT2D eigenvalue weighted by molar-refractivity contribution is 0.101. The van der Waals surface area contributed by atoms with Gasteiger partial charge in [-0.05, 0) is 68.3 Å². The van der Waals surface area contributed by atoms with Crippen LogP contribution in [0.3, 0.4) is 0 Å². The Bertz CT molecular complexity index is 836. The highest BCUT2D eigenvalue weighted by molar-refractivity contribution is 5.94. The molecule has 29 heavy (non-hydrogen) atoms. The van der Waals surface area contributed by atoms with Crippen LogP contribution < -0.4 is 15.0 Å². The van der Waals surface area contributed by atoms with Crippen LogP contribution in [0.25, 0.3) is 0 Å². The van der Waals surface area contributed by atoms with Crippen LogP contribution in [0.1, 0.15) is 28.4 Å². The van der Waals surface area contributed by atoms with Gasteiger partial charge >= 0.3 is 6.03 Å². The van der Waals surface area contributed by atoms with Crippen LogP contribution in [0.2, 0.25) is 0 Å². The van der Waals surface area contributed by atoms with Crippen molar-refractivity contribution in [3.63, 3.8) is 0 Å². The molecule has 1 N–H and O–H groups in total. The van der Waals surface area contributed by atoms with Gasteiger partial charge in [-0.15, -0.1) is 0 Å². The minimum atomic E-state index is -0.0550. The topological polar surface area (TPSA) is 61.9 Å². The van der Waals surface area contributed by atoms with Gasteiger partial charge in [0.25, 0.3) is 0 Å². The Balaban J connectivity index is 1.40. The monoisotopic (exact) mass is 395 g/mol. The van der Waals surface area contributed by atoms with E-state index in [4.69, 9.17) is 4.74 Å². The fraction of sp³-hybridized carbons (Fsp3) is 0.391. The maximum absolute atomic E-state index is 12.4. The van der Waals surface area contributed by atoms with Crippen molar-refractivity contribution in [2.45, 2.75) is 20.8 Å². The molecule has 3 rings (SSSR count). The molecular weight excluding hydrogens is 366 g/mol. The van der Waals surface area contributed by atoms with Gasteiger partial charge < -0.3 is 19.9 Å². The number of carbonyl (C=O) groups is 2. The van der Waals surface area contributed by atoms with Crippen molar-refractivity contribution in [3.05, 3.63) is 59.2 Å². The smallest absolute Gasteiger partial charge is 0.317 e. The van der Waals surface area contributed by atoms with Gasteiger partial charge in [0.1, 0.15) is 12.4 Å². The van der Waals surface area contributed by atoms with Crippen molar-refractivity contribution < 1.29 is 14.3 Å². The number of anilines is 1. The molecule has 0 radical (unpaired) electrons. The van der Waals surface area contributed by atoms with Crippen molar-refractivity contribution in [2.24, 2.45) is 0 Å². The number of hydrogen-bond donors (Lipinski definition) is 1. The molecule has 2 amide bonds. The summed E-state index contributed by atoms with van der Waals surface area (Å²) < 4.78 is 5.74. The van der Waals surface area contributed by atoms with Crippen molar-refractivity contribution in [3.8, 4) is 5.75 Å². The van der Waals surface area contributed by atoms with Gasteiger partial charge in [0, 0.05) is 37.4 Å². The van der Waals surface area contributed by atoms with E-state index in [1.807, 2.05) is 55.1 Å². The molecule has 1 saturated heterocycles. The highest BCUT2D eigenvalue weighted by atomic mass is 16.5. The summed E-state index contributed by atoms with van der Waals surface area (Å²) in [6.45, 7) is 9.43. The number of nitrogens with one attached hydrogen (secondary N) is 1. The van der Waals surface area contributed by atoms with Gasteiger partial charge in [-0.3, -0.25) is 4.79 Å². The van der Waals surface area contributed by atoms with Gasteiger partial charge in [0.15, 0.2) is 5.78 Å². The lowest BCUT2D eigenvalue weighted by Crippen LogP contribution is -2.52. The molecule has 2 aromatic rings. The zero-order valence-corrected chi connectivity index (χ0v) is 17.4. The Morgan fingerprint density at radius 3 is 2.17 bits per heavy atom. The minimum Gasteiger partial charge on any atom is -0.492 e. The third-order valence-corrected chi connectivity index (χ3v) is 5.05. The molecule has 154 valence electrons. The average molecular weight is 396 g/mol. The van der Waals surface area contributed by atoms with Crippen LogP contribution in [0.4, 0.5) is 10.5 Å². The number of piperazine rings is 1. The van der Waals surface area contributed by atoms with Crippen LogP contribution in [-0.4, -0.2) is 56.0 Å². The number of benzene rings is 2. The molecule has 6 heteroatoms. The van der Waals surface area contributed by atoms with Crippen LogP contribution in [0, 0.1) is 13.8 Å². The van der Waals surface area contributed by atoms with E-state index in [0.29, 0.717) is 26.2 Å². The van der Waals surface area contributed by atoms with Gasteiger partial charge in [0.2, 0.25) is 0 Å². The van der Waals surface area contributed by atoms with E-state index in [-0.39, 0.29) is 11.8 Å². The molecule has 0 atom stereocenters. The van der Waals surface area contributed by atoms with E-state index >= 15 is 0 Å². The molecule has 1 fully saturated rings. The number of nitrogens with zero attached hydrogens (tertiary/aromatic N) is 2. The Labute approximate surface area is 172 Å². The Kier molecular flexibility index (Phi) is 6.75. The number of rotatable bonds is 6. The fourth-order valence-corrected chi connectivity index (χ4v) is 3.53. The molecule has 0 saturated carbocycles. The van der Waals surface area contributed by atoms with E-state index in [2.05, 4.69) is 16.3 Å². The van der Waals surface area contributed by atoms with Gasteiger partial charge in [-0.1, -0.05) is 6.07 Å². The normalized spacial score (nSPS) is 13.9. The first-order chi connectivity index (χ1) is 13.9. The largest absolute Gasteiger partial charge is 0.492 e. The summed E-state index contributed by atoms with van der Waals surface area (Å²) in [7, 11) is 0. The average Bonchev–Trinajstić information content (AvgIpc) is 2.70. The van der Waals surface area contributed by atoms with Gasteiger partial charge in [-0.2, -0.15) is 0 Å². The summed E-state index contributed by atoms with van der Waals surface area (Å²) in [5.74, 6) is 0.903. The summed E-state index contributed by atoms with van der Waals surface area (Å²) in [6, 6.07) is 13.7. The quantitative estimate of drug-likeness (QED) is 0.601. The third kappa shape index (κ3) is 5.73. The number of urea groups is 1. The Morgan fingerprint density at radius 1 is 0.966 bits per heavy atom. The first-order valence-electron chi connectivity index (χ1n) is 10.0. The number of carbonyl (C=O) groups excluding carboxylic acids is 2. The summed E-state index contributed by atoms with van der Waals surface area (Å²) in [6.07, 6.45) is 0. The summed E-state index contributed by atoms with van der Waals surface area (Å²) in [5, 5.41) is 2.93. The van der Waals surface area contributed by atoms with E-state index in [1.54, 1.807) is 6.92 Å². The second kappa shape index (κ2) is 9.45. The fourth-order valence-electron chi connectivity index (χ4n) is 3.53. The lowest BCUT2D eigenvalue weighted by atomic mass is 10.1. The zero-order valence-electron chi connectivity index (χ0n) is 17.4. The van der Waals surface area contributed by atoms with E-state index < -0.39 is 0 Å². The molecule has 0 bridgehead atoms. The molecule has 1 aliphatic rings. The first kappa shape index (κ1) is 20.7. The van der Waals surface area contributed by atoms with Gasteiger partial charge in [-0.25, -0.2) is 4.79 Å². The predicted octanol–water partition coefficient (Wildman–Crippen LogP) is 3.42. The van der Waals surface area contributed by atoms with Crippen molar-refractivity contribution in [1.29, 1.82) is 0 Å². The molecule has 0 spiro atoms. The van der Waals surface area contributed by atoms with Crippen LogP contribution in [-0.2, 0) is 0 Å². The van der Waals surface area contributed by atoms with E-state index in [9.17, 15) is 9.59 Å². The number of ether oxygens (including phenoxy) is 1. The molecule has 0 aliphatic carbocycles. The van der Waals surface area contributed by atoms with Crippen LogP contribution in [0.5, 0.6) is 5.75 Å². The summed E-state index contributed by atoms with van der Waals surface area (Å²) in [4.78, 5) is 27.8. The van der Waals surface area contributed by atoms with Crippen molar-refractivity contribution in [1.82, 2.24) is 10.2 Å². The molecule has 0 aromatic heterocycles. The molecule has 0 unspecified atom stereocenters. The Hall–Kier alpha value is -3.02. The predicted molar refractivity (Wildman–Crippen MR) is 115 cm³/mol. The molecule has 1 heterocycles. The SMILES string of the molecule is CC(=O)c1ccc(N2CCN(C(=O)NCCOc3cc(C)cc(C)c3)CC2)cc1. The highest BCUT2D eigenvalue weighted by Gasteiger charge is 2.21.